The molecule has 0 saturated heterocycles. The largest absolute Gasteiger partial charge is 0.504 e. The Balaban J connectivity index is 2.66. The molecule has 1 heterocycles. The average Bonchev–Trinajstić information content (AvgIpc) is 2.67. The molecule has 0 saturated carbocycles. The van der Waals surface area contributed by atoms with E-state index in [-0.39, 0.29) is 22.1 Å². The van der Waals surface area contributed by atoms with Gasteiger partial charge in [0.15, 0.2) is 11.6 Å². The van der Waals surface area contributed by atoms with E-state index < -0.39 is 17.4 Å². The molecule has 2 aromatic rings. The number of benzene rings is 1. The lowest BCUT2D eigenvalue weighted by Gasteiger charge is -2.04. The van der Waals surface area contributed by atoms with Crippen LogP contribution in [-0.2, 0) is 0 Å². The smallest absolute Gasteiger partial charge is 0.202 e. The zero-order valence-corrected chi connectivity index (χ0v) is 8.52. The van der Waals surface area contributed by atoms with Gasteiger partial charge in [-0.25, -0.2) is 4.39 Å². The maximum Gasteiger partial charge on any atom is 0.202 e. The molecule has 0 fully saturated rings. The lowest BCUT2D eigenvalue weighted by Crippen LogP contribution is -1.91. The summed E-state index contributed by atoms with van der Waals surface area (Å²) >= 11 is 5.53. The van der Waals surface area contributed by atoms with Crippen LogP contribution in [0.1, 0.15) is 0 Å². The molecule has 0 unspecified atom stereocenters. The van der Waals surface area contributed by atoms with Gasteiger partial charge in [-0.1, -0.05) is 11.6 Å². The molecule has 0 atom stereocenters. The number of halogens is 3. The van der Waals surface area contributed by atoms with Crippen molar-refractivity contribution in [3.8, 4) is 17.0 Å². The van der Waals surface area contributed by atoms with Crippen LogP contribution in [0.25, 0.3) is 11.3 Å². The van der Waals surface area contributed by atoms with Crippen LogP contribution in [0, 0.1) is 11.6 Å². The predicted octanol–water partition coefficient (Wildman–Crippen LogP) is 2.30. The Labute approximate surface area is 93.7 Å². The fourth-order valence-corrected chi connectivity index (χ4v) is 1.45. The number of hydrogen-bond acceptors (Lipinski definition) is 3. The zero-order chi connectivity index (χ0) is 11.9. The molecule has 4 nitrogen and oxygen atoms in total. The summed E-state index contributed by atoms with van der Waals surface area (Å²) in [7, 11) is 0. The van der Waals surface area contributed by atoms with E-state index in [0.29, 0.717) is 0 Å². The Bertz CT molecular complexity index is 556. The van der Waals surface area contributed by atoms with Gasteiger partial charge in [0.1, 0.15) is 5.82 Å². The topological polar surface area (TPSA) is 74.9 Å². The normalized spacial score (nSPS) is 10.7. The summed E-state index contributed by atoms with van der Waals surface area (Å²) in [6.07, 6.45) is 0. The summed E-state index contributed by atoms with van der Waals surface area (Å²) in [4.78, 5) is 0. The van der Waals surface area contributed by atoms with Crippen molar-refractivity contribution in [2.45, 2.75) is 0 Å². The number of aromatic amines is 1. The first-order valence-electron chi connectivity index (χ1n) is 4.18. The van der Waals surface area contributed by atoms with Crippen molar-refractivity contribution in [2.75, 3.05) is 5.73 Å². The summed E-state index contributed by atoms with van der Waals surface area (Å²) in [6.45, 7) is 0. The van der Waals surface area contributed by atoms with Crippen molar-refractivity contribution in [2.24, 2.45) is 0 Å². The maximum absolute atomic E-state index is 13.5. The van der Waals surface area contributed by atoms with Gasteiger partial charge in [0.2, 0.25) is 5.82 Å². The van der Waals surface area contributed by atoms with Crippen molar-refractivity contribution in [1.82, 2.24) is 10.2 Å². The fourth-order valence-electron chi connectivity index (χ4n) is 1.26. The lowest BCUT2D eigenvalue weighted by atomic mass is 10.1. The number of nitrogens with two attached hydrogens (primary N) is 1. The summed E-state index contributed by atoms with van der Waals surface area (Å²) in [5.41, 5.74) is 5.36. The zero-order valence-electron chi connectivity index (χ0n) is 7.76. The average molecular weight is 246 g/mol. The first kappa shape index (κ1) is 10.7. The maximum atomic E-state index is 13.5. The van der Waals surface area contributed by atoms with E-state index in [1.807, 2.05) is 0 Å². The third kappa shape index (κ3) is 1.57. The first-order valence-corrected chi connectivity index (χ1v) is 4.56. The van der Waals surface area contributed by atoms with E-state index in [9.17, 15) is 8.78 Å². The molecule has 0 aliphatic heterocycles. The van der Waals surface area contributed by atoms with Crippen LogP contribution in [0.2, 0.25) is 5.02 Å². The Morgan fingerprint density at radius 3 is 2.56 bits per heavy atom. The molecule has 4 N–H and O–H groups in total. The van der Waals surface area contributed by atoms with E-state index >= 15 is 0 Å². The van der Waals surface area contributed by atoms with Gasteiger partial charge in [-0.15, -0.1) is 0 Å². The van der Waals surface area contributed by atoms with Crippen LogP contribution in [0.5, 0.6) is 5.75 Å². The summed E-state index contributed by atoms with van der Waals surface area (Å²) in [5, 5.41) is 14.8. The van der Waals surface area contributed by atoms with Crippen LogP contribution in [-0.4, -0.2) is 15.3 Å². The van der Waals surface area contributed by atoms with Crippen molar-refractivity contribution < 1.29 is 13.9 Å². The summed E-state index contributed by atoms with van der Waals surface area (Å²) in [6, 6.07) is 2.41. The Kier molecular flexibility index (Phi) is 2.43. The molecule has 2 rings (SSSR count). The number of nitrogens with one attached hydrogen (secondary N) is 1. The number of aromatic nitrogens is 2. The van der Waals surface area contributed by atoms with Crippen LogP contribution >= 0.6 is 11.6 Å². The third-order valence-corrected chi connectivity index (χ3v) is 2.31. The van der Waals surface area contributed by atoms with E-state index in [1.54, 1.807) is 0 Å². The number of nitrogens with zero attached hydrogens (tertiary/aromatic N) is 1. The number of phenolic OH excluding ortho intramolecular Hbond substituents is 1. The number of rotatable bonds is 1. The van der Waals surface area contributed by atoms with Crippen LogP contribution < -0.4 is 5.73 Å². The van der Waals surface area contributed by atoms with E-state index in [4.69, 9.17) is 22.4 Å². The highest BCUT2D eigenvalue weighted by Crippen LogP contribution is 2.34. The predicted molar refractivity (Wildman–Crippen MR) is 55.0 cm³/mol. The highest BCUT2D eigenvalue weighted by molar-refractivity contribution is 6.32. The van der Waals surface area contributed by atoms with Crippen molar-refractivity contribution in [3.63, 3.8) is 0 Å². The van der Waals surface area contributed by atoms with Gasteiger partial charge < -0.3 is 10.8 Å². The second-order valence-corrected chi connectivity index (χ2v) is 3.50. The van der Waals surface area contributed by atoms with Crippen LogP contribution in [0.4, 0.5) is 14.6 Å². The molecule has 16 heavy (non-hydrogen) atoms. The monoisotopic (exact) mass is 245 g/mol. The second kappa shape index (κ2) is 3.64. The number of nitrogen functional groups attached to an aromatic ring is 1. The van der Waals surface area contributed by atoms with Gasteiger partial charge in [-0.05, 0) is 6.07 Å². The minimum atomic E-state index is -1.41. The summed E-state index contributed by atoms with van der Waals surface area (Å²) in [5.74, 6) is -3.41. The van der Waals surface area contributed by atoms with Crippen molar-refractivity contribution in [3.05, 3.63) is 28.8 Å². The minimum Gasteiger partial charge on any atom is -0.504 e. The highest BCUT2D eigenvalue weighted by Gasteiger charge is 2.19. The molecule has 1 aromatic carbocycles. The molecule has 84 valence electrons. The molecule has 0 aliphatic carbocycles. The standard InChI is InChI=1S/C9H6ClF2N3O/c10-4-1-3(5-2-6(13)15-14-5)7(11)8(12)9(4)16/h1-2,16H,(H3,13,14,15). The Morgan fingerprint density at radius 2 is 2.00 bits per heavy atom. The van der Waals surface area contributed by atoms with E-state index in [1.165, 1.54) is 6.07 Å². The molecule has 0 amide bonds. The molecule has 0 radical (unpaired) electrons. The van der Waals surface area contributed by atoms with Gasteiger partial charge in [-0.3, -0.25) is 5.10 Å². The highest BCUT2D eigenvalue weighted by atomic mass is 35.5. The lowest BCUT2D eigenvalue weighted by molar-refractivity contribution is 0.408. The van der Waals surface area contributed by atoms with Crippen LogP contribution in [0.3, 0.4) is 0 Å². The molecule has 1 aromatic heterocycles. The first-order chi connectivity index (χ1) is 7.50. The molecule has 0 aliphatic rings. The third-order valence-electron chi connectivity index (χ3n) is 2.02. The van der Waals surface area contributed by atoms with E-state index in [0.717, 1.165) is 6.07 Å². The Morgan fingerprint density at radius 1 is 1.31 bits per heavy atom. The quantitative estimate of drug-likeness (QED) is 0.675. The molecular formula is C9H6ClF2N3O. The number of H-pyrrole nitrogens is 1. The SMILES string of the molecule is Nc1cc(-c2cc(Cl)c(O)c(F)c2F)[nH]n1. The number of hydrogen-bond donors (Lipinski definition) is 3. The second-order valence-electron chi connectivity index (χ2n) is 3.09. The van der Waals surface area contributed by atoms with Gasteiger partial charge in [0.25, 0.3) is 0 Å². The van der Waals surface area contributed by atoms with Gasteiger partial charge in [-0.2, -0.15) is 9.49 Å². The van der Waals surface area contributed by atoms with Gasteiger partial charge in [0.05, 0.1) is 10.7 Å². The molecule has 0 bridgehead atoms. The Hall–Kier alpha value is -1.82. The van der Waals surface area contributed by atoms with Gasteiger partial charge >= 0.3 is 0 Å². The molecular weight excluding hydrogens is 240 g/mol. The fraction of sp³-hybridized carbons (Fsp3) is 0. The number of anilines is 1. The number of aromatic hydroxyl groups is 1. The minimum absolute atomic E-state index is 0.138. The summed E-state index contributed by atoms with van der Waals surface area (Å²) < 4.78 is 26.6. The van der Waals surface area contributed by atoms with Crippen molar-refractivity contribution >= 4 is 17.4 Å². The van der Waals surface area contributed by atoms with Gasteiger partial charge in [0, 0.05) is 11.6 Å². The van der Waals surface area contributed by atoms with Crippen LogP contribution in [0.15, 0.2) is 12.1 Å². The van der Waals surface area contributed by atoms with Crippen molar-refractivity contribution in [1.29, 1.82) is 0 Å². The molecule has 7 heteroatoms. The van der Waals surface area contributed by atoms with E-state index in [2.05, 4.69) is 10.2 Å². The molecule has 0 spiro atoms. The number of phenols is 1.